The summed E-state index contributed by atoms with van der Waals surface area (Å²) in [5, 5.41) is 3.83. The predicted molar refractivity (Wildman–Crippen MR) is 94.4 cm³/mol. The van der Waals surface area contributed by atoms with Crippen LogP contribution in [0, 0.1) is 0 Å². The number of hydrogen-bond acceptors (Lipinski definition) is 3. The van der Waals surface area contributed by atoms with Crippen LogP contribution in [0.4, 0.5) is 0 Å². The Labute approximate surface area is 139 Å². The molecule has 5 nitrogen and oxygen atoms in total. The molecule has 4 rings (SSSR count). The van der Waals surface area contributed by atoms with Crippen molar-refractivity contribution in [3.05, 3.63) is 71.7 Å². The van der Waals surface area contributed by atoms with Gasteiger partial charge in [-0.05, 0) is 30.2 Å². The van der Waals surface area contributed by atoms with Crippen molar-refractivity contribution in [3.63, 3.8) is 0 Å². The number of nitrogens with one attached hydrogen (secondary N) is 2. The zero-order valence-corrected chi connectivity index (χ0v) is 13.0. The van der Waals surface area contributed by atoms with E-state index < -0.39 is 0 Å². The molecule has 1 aliphatic heterocycles. The number of nitrogens with zero attached hydrogens (tertiary/aromatic N) is 2. The number of aromatic nitrogens is 2. The number of aliphatic imine (C=N–C) groups is 1. The first-order chi connectivity index (χ1) is 11.8. The Bertz CT molecular complexity index is 954. The summed E-state index contributed by atoms with van der Waals surface area (Å²) in [6.07, 6.45) is 6.94. The molecule has 0 radical (unpaired) electrons. The topological polar surface area (TPSA) is 70.1 Å². The molecule has 0 saturated heterocycles. The third kappa shape index (κ3) is 2.84. The van der Waals surface area contributed by atoms with Crippen molar-refractivity contribution in [2.75, 3.05) is 0 Å². The standard InChI is InChI=1S/C19H16N4O/c24-19-16(11-14-12-21-18-15(14)7-4-10-20-18)22-17(23-19)9-8-13-5-2-1-3-6-13/h1-7,10-12H,8-9H2,(H,20,21)(H,22,23,24)/b16-11-. The lowest BCUT2D eigenvalue weighted by Gasteiger charge is -2.00. The van der Waals surface area contributed by atoms with E-state index in [-0.39, 0.29) is 5.91 Å². The maximum atomic E-state index is 12.1. The van der Waals surface area contributed by atoms with Gasteiger partial charge in [0, 0.05) is 29.8 Å². The molecule has 2 aromatic heterocycles. The molecule has 0 aliphatic carbocycles. The van der Waals surface area contributed by atoms with Gasteiger partial charge in [0.2, 0.25) is 0 Å². The predicted octanol–water partition coefficient (Wildman–Crippen LogP) is 3.06. The summed E-state index contributed by atoms with van der Waals surface area (Å²) in [7, 11) is 0. The number of pyridine rings is 1. The van der Waals surface area contributed by atoms with E-state index in [9.17, 15) is 4.79 Å². The van der Waals surface area contributed by atoms with E-state index in [4.69, 9.17) is 0 Å². The second-order valence-corrected chi connectivity index (χ2v) is 5.67. The van der Waals surface area contributed by atoms with E-state index in [2.05, 4.69) is 32.4 Å². The van der Waals surface area contributed by atoms with E-state index in [0.717, 1.165) is 23.0 Å². The molecule has 118 valence electrons. The molecule has 24 heavy (non-hydrogen) atoms. The van der Waals surface area contributed by atoms with E-state index in [1.54, 1.807) is 12.3 Å². The van der Waals surface area contributed by atoms with Crippen LogP contribution in [0.3, 0.4) is 0 Å². The molecule has 0 saturated carbocycles. The summed E-state index contributed by atoms with van der Waals surface area (Å²) in [5.41, 5.74) is 3.38. The fourth-order valence-corrected chi connectivity index (χ4v) is 2.79. The van der Waals surface area contributed by atoms with Crippen LogP contribution in [-0.2, 0) is 11.2 Å². The fraction of sp³-hybridized carbons (Fsp3) is 0.105. The summed E-state index contributed by atoms with van der Waals surface area (Å²) in [6.45, 7) is 0. The zero-order chi connectivity index (χ0) is 16.4. The number of amidine groups is 1. The lowest BCUT2D eigenvalue weighted by Crippen LogP contribution is -2.24. The number of aromatic amines is 1. The average Bonchev–Trinajstić information content (AvgIpc) is 3.18. The minimum Gasteiger partial charge on any atom is -0.346 e. The second kappa shape index (κ2) is 6.12. The fourth-order valence-electron chi connectivity index (χ4n) is 2.79. The molecule has 5 heteroatoms. The van der Waals surface area contributed by atoms with Crippen molar-refractivity contribution in [2.24, 2.45) is 4.99 Å². The summed E-state index contributed by atoms with van der Waals surface area (Å²) < 4.78 is 0. The van der Waals surface area contributed by atoms with Gasteiger partial charge in [-0.3, -0.25) is 4.79 Å². The number of hydrogen-bond donors (Lipinski definition) is 2. The normalized spacial score (nSPS) is 15.8. The highest BCUT2D eigenvalue weighted by Crippen LogP contribution is 2.20. The molecule has 1 aliphatic rings. The SMILES string of the molecule is O=C1NC(CCc2ccccc2)=N/C1=C\c1c[nH]c2ncccc12. The van der Waals surface area contributed by atoms with Crippen LogP contribution in [0.5, 0.6) is 0 Å². The summed E-state index contributed by atoms with van der Waals surface area (Å²) in [4.78, 5) is 23.9. The van der Waals surface area contributed by atoms with Gasteiger partial charge in [-0.1, -0.05) is 30.3 Å². The highest BCUT2D eigenvalue weighted by molar-refractivity contribution is 6.14. The molecular weight excluding hydrogens is 300 g/mol. The van der Waals surface area contributed by atoms with Crippen LogP contribution in [0.1, 0.15) is 17.5 Å². The third-order valence-electron chi connectivity index (χ3n) is 4.01. The average molecular weight is 316 g/mol. The van der Waals surface area contributed by atoms with Crippen molar-refractivity contribution in [1.29, 1.82) is 0 Å². The number of H-pyrrole nitrogens is 1. The van der Waals surface area contributed by atoms with Crippen LogP contribution in [0.15, 0.2) is 65.5 Å². The molecule has 0 bridgehead atoms. The van der Waals surface area contributed by atoms with Gasteiger partial charge in [-0.25, -0.2) is 9.98 Å². The largest absolute Gasteiger partial charge is 0.346 e. The highest BCUT2D eigenvalue weighted by Gasteiger charge is 2.20. The number of aryl methyl sites for hydroxylation is 1. The molecule has 0 spiro atoms. The molecule has 0 fully saturated rings. The number of carbonyl (C=O) groups excluding carboxylic acids is 1. The summed E-state index contributed by atoms with van der Waals surface area (Å²) >= 11 is 0. The second-order valence-electron chi connectivity index (χ2n) is 5.67. The first-order valence-corrected chi connectivity index (χ1v) is 7.86. The minimum absolute atomic E-state index is 0.156. The maximum Gasteiger partial charge on any atom is 0.275 e. The molecule has 3 heterocycles. The van der Waals surface area contributed by atoms with E-state index in [0.29, 0.717) is 18.0 Å². The Morgan fingerprint density at radius 3 is 2.79 bits per heavy atom. The quantitative estimate of drug-likeness (QED) is 0.726. The van der Waals surface area contributed by atoms with Crippen molar-refractivity contribution in [1.82, 2.24) is 15.3 Å². The van der Waals surface area contributed by atoms with Crippen LogP contribution in [0.2, 0.25) is 0 Å². The van der Waals surface area contributed by atoms with E-state index in [1.165, 1.54) is 5.56 Å². The number of benzene rings is 1. The van der Waals surface area contributed by atoms with Crippen LogP contribution in [-0.4, -0.2) is 21.7 Å². The minimum atomic E-state index is -0.156. The van der Waals surface area contributed by atoms with Gasteiger partial charge in [-0.15, -0.1) is 0 Å². The monoisotopic (exact) mass is 316 g/mol. The van der Waals surface area contributed by atoms with Crippen molar-refractivity contribution in [2.45, 2.75) is 12.8 Å². The van der Waals surface area contributed by atoms with Crippen LogP contribution >= 0.6 is 0 Å². The molecule has 2 N–H and O–H groups in total. The smallest absolute Gasteiger partial charge is 0.275 e. The number of fused-ring (bicyclic) bond motifs is 1. The molecule has 1 aromatic carbocycles. The van der Waals surface area contributed by atoms with Gasteiger partial charge in [-0.2, -0.15) is 0 Å². The maximum absolute atomic E-state index is 12.1. The van der Waals surface area contributed by atoms with Gasteiger partial charge < -0.3 is 10.3 Å². The van der Waals surface area contributed by atoms with Crippen molar-refractivity contribution < 1.29 is 4.79 Å². The number of amides is 1. The Hall–Kier alpha value is -3.21. The molecular formula is C19H16N4O. The molecule has 0 unspecified atom stereocenters. The Morgan fingerprint density at radius 2 is 1.92 bits per heavy atom. The highest BCUT2D eigenvalue weighted by atomic mass is 16.2. The van der Waals surface area contributed by atoms with Gasteiger partial charge in [0.15, 0.2) is 0 Å². The van der Waals surface area contributed by atoms with Crippen LogP contribution < -0.4 is 5.32 Å². The first kappa shape index (κ1) is 14.4. The Kier molecular flexibility index (Phi) is 3.67. The zero-order valence-electron chi connectivity index (χ0n) is 13.0. The van der Waals surface area contributed by atoms with Crippen LogP contribution in [0.25, 0.3) is 17.1 Å². The van der Waals surface area contributed by atoms with Crippen molar-refractivity contribution in [3.8, 4) is 0 Å². The van der Waals surface area contributed by atoms with Gasteiger partial charge in [0.1, 0.15) is 17.2 Å². The van der Waals surface area contributed by atoms with Gasteiger partial charge >= 0.3 is 0 Å². The van der Waals surface area contributed by atoms with Gasteiger partial charge in [0.25, 0.3) is 5.91 Å². The number of rotatable bonds is 4. The van der Waals surface area contributed by atoms with Gasteiger partial charge in [0.05, 0.1) is 0 Å². The Balaban J connectivity index is 1.55. The molecule has 1 amide bonds. The summed E-state index contributed by atoms with van der Waals surface area (Å²) in [5.74, 6) is 0.560. The number of carbonyl (C=O) groups is 1. The Morgan fingerprint density at radius 1 is 1.04 bits per heavy atom. The third-order valence-corrected chi connectivity index (χ3v) is 4.01. The lowest BCUT2D eigenvalue weighted by molar-refractivity contribution is -0.115. The molecule has 3 aromatic rings. The van der Waals surface area contributed by atoms with Crippen molar-refractivity contribution >= 4 is 28.9 Å². The van der Waals surface area contributed by atoms with E-state index in [1.807, 2.05) is 36.5 Å². The van der Waals surface area contributed by atoms with E-state index >= 15 is 0 Å². The first-order valence-electron chi connectivity index (χ1n) is 7.86. The lowest BCUT2D eigenvalue weighted by atomic mass is 10.1. The summed E-state index contributed by atoms with van der Waals surface area (Å²) in [6, 6.07) is 14.0. The molecule has 0 atom stereocenters.